The molecule has 0 saturated heterocycles. The van der Waals surface area contributed by atoms with Crippen molar-refractivity contribution >= 4 is 11.7 Å². The van der Waals surface area contributed by atoms with Crippen LogP contribution in [0.2, 0.25) is 0 Å². The molecule has 1 aliphatic rings. The molecule has 1 aliphatic heterocycles. The minimum atomic E-state index is -0.475. The molecule has 20 heavy (non-hydrogen) atoms. The molecule has 1 rings (SSSR count). The van der Waals surface area contributed by atoms with Crippen LogP contribution >= 0.6 is 0 Å². The second-order valence-corrected chi connectivity index (χ2v) is 6.00. The van der Waals surface area contributed by atoms with Crippen molar-refractivity contribution in [3.63, 3.8) is 0 Å². The molecule has 0 aromatic carbocycles. The Morgan fingerprint density at radius 1 is 1.20 bits per heavy atom. The largest absolute Gasteiger partial charge is 0.465 e. The van der Waals surface area contributed by atoms with E-state index in [-0.39, 0.29) is 5.97 Å². The molecule has 116 valence electrons. The first kappa shape index (κ1) is 17.2. The first-order valence-corrected chi connectivity index (χ1v) is 8.36. The molecule has 0 aromatic rings. The molecule has 0 N–H and O–H groups in total. The lowest BCUT2D eigenvalue weighted by atomic mass is 9.78. The van der Waals surface area contributed by atoms with E-state index in [4.69, 9.17) is 4.74 Å². The maximum absolute atomic E-state index is 12.3. The summed E-state index contributed by atoms with van der Waals surface area (Å²) in [6, 6.07) is 0. The normalized spacial score (nSPS) is 17.6. The zero-order valence-corrected chi connectivity index (χ0v) is 13.5. The fourth-order valence-corrected chi connectivity index (χ4v) is 2.90. The molecule has 3 nitrogen and oxygen atoms in total. The van der Waals surface area contributed by atoms with E-state index in [0.29, 0.717) is 6.61 Å². The minimum absolute atomic E-state index is 0.0748. The van der Waals surface area contributed by atoms with Gasteiger partial charge in [0.1, 0.15) is 5.41 Å². The van der Waals surface area contributed by atoms with Gasteiger partial charge in [-0.05, 0) is 33.1 Å². The quantitative estimate of drug-likeness (QED) is 0.435. The van der Waals surface area contributed by atoms with E-state index in [2.05, 4.69) is 11.9 Å². The van der Waals surface area contributed by atoms with Crippen molar-refractivity contribution in [2.45, 2.75) is 78.6 Å². The lowest BCUT2D eigenvalue weighted by Crippen LogP contribution is -2.37. The van der Waals surface area contributed by atoms with E-state index in [1.807, 2.05) is 13.8 Å². The maximum Gasteiger partial charge on any atom is 0.317 e. The van der Waals surface area contributed by atoms with Crippen LogP contribution in [0.15, 0.2) is 4.99 Å². The van der Waals surface area contributed by atoms with Crippen molar-refractivity contribution in [3.05, 3.63) is 0 Å². The third-order valence-electron chi connectivity index (χ3n) is 4.27. The van der Waals surface area contributed by atoms with Crippen LogP contribution in [-0.2, 0) is 9.53 Å². The van der Waals surface area contributed by atoms with Gasteiger partial charge in [0.2, 0.25) is 0 Å². The van der Waals surface area contributed by atoms with Gasteiger partial charge in [-0.1, -0.05) is 45.4 Å². The van der Waals surface area contributed by atoms with Crippen molar-refractivity contribution in [3.8, 4) is 0 Å². The third kappa shape index (κ3) is 4.92. The summed E-state index contributed by atoms with van der Waals surface area (Å²) in [7, 11) is 0. The molecule has 1 heterocycles. The number of carbonyl (C=O) groups is 1. The van der Waals surface area contributed by atoms with Crippen LogP contribution in [0.25, 0.3) is 0 Å². The number of nitrogens with zero attached hydrogens (tertiary/aromatic N) is 1. The fraction of sp³-hybridized carbons (Fsp3) is 0.882. The summed E-state index contributed by atoms with van der Waals surface area (Å²) >= 11 is 0. The van der Waals surface area contributed by atoms with Gasteiger partial charge in [-0.25, -0.2) is 0 Å². The van der Waals surface area contributed by atoms with Crippen LogP contribution in [0.1, 0.15) is 78.6 Å². The lowest BCUT2D eigenvalue weighted by molar-refractivity contribution is -0.150. The predicted octanol–water partition coefficient (Wildman–Crippen LogP) is 4.54. The summed E-state index contributed by atoms with van der Waals surface area (Å²) in [4.78, 5) is 16.9. The lowest BCUT2D eigenvalue weighted by Gasteiger charge is -2.27. The third-order valence-corrected chi connectivity index (χ3v) is 4.27. The summed E-state index contributed by atoms with van der Waals surface area (Å²) in [5.74, 6) is -0.0748. The van der Waals surface area contributed by atoms with Crippen LogP contribution in [0.4, 0.5) is 0 Å². The van der Waals surface area contributed by atoms with Crippen LogP contribution in [0.5, 0.6) is 0 Å². The molecule has 0 amide bonds. The molecule has 3 heteroatoms. The molecule has 0 fully saturated rings. The minimum Gasteiger partial charge on any atom is -0.465 e. The second-order valence-electron chi connectivity index (χ2n) is 6.00. The Bertz CT molecular complexity index is 325. The van der Waals surface area contributed by atoms with Crippen LogP contribution in [0, 0.1) is 5.41 Å². The molecule has 1 unspecified atom stereocenters. The number of hydrogen-bond acceptors (Lipinski definition) is 3. The predicted molar refractivity (Wildman–Crippen MR) is 84.3 cm³/mol. The van der Waals surface area contributed by atoms with Gasteiger partial charge < -0.3 is 4.74 Å². The van der Waals surface area contributed by atoms with Gasteiger partial charge in [0.25, 0.3) is 0 Å². The Balaban J connectivity index is 2.48. The molecular weight excluding hydrogens is 250 g/mol. The highest BCUT2D eigenvalue weighted by molar-refractivity contribution is 6.06. The summed E-state index contributed by atoms with van der Waals surface area (Å²) in [6.45, 7) is 7.47. The van der Waals surface area contributed by atoms with Gasteiger partial charge in [-0.2, -0.15) is 0 Å². The standard InChI is InChI=1S/C17H31NO2/c1-4-6-7-8-9-10-13-17(3,16(19)20-5-2)15-12-11-14-18-15/h4-14H2,1-3H3. The summed E-state index contributed by atoms with van der Waals surface area (Å²) in [5, 5.41) is 0. The zero-order valence-electron chi connectivity index (χ0n) is 13.5. The van der Waals surface area contributed by atoms with Gasteiger partial charge in [0.15, 0.2) is 0 Å². The van der Waals surface area contributed by atoms with Gasteiger partial charge in [0, 0.05) is 12.3 Å². The first-order chi connectivity index (χ1) is 9.65. The van der Waals surface area contributed by atoms with Crippen molar-refractivity contribution in [2.75, 3.05) is 13.2 Å². The Hall–Kier alpha value is -0.860. The SMILES string of the molecule is CCCCCCCCC(C)(C(=O)OCC)C1=NCCC1. The second kappa shape index (κ2) is 9.15. The van der Waals surface area contributed by atoms with Crippen molar-refractivity contribution in [2.24, 2.45) is 10.4 Å². The zero-order chi connectivity index (χ0) is 14.8. The van der Waals surface area contributed by atoms with E-state index in [0.717, 1.165) is 37.9 Å². The van der Waals surface area contributed by atoms with Crippen molar-refractivity contribution in [1.82, 2.24) is 0 Å². The molecule has 0 spiro atoms. The average Bonchev–Trinajstić information content (AvgIpc) is 2.97. The van der Waals surface area contributed by atoms with Crippen molar-refractivity contribution < 1.29 is 9.53 Å². The molecule has 0 aliphatic carbocycles. The van der Waals surface area contributed by atoms with Gasteiger partial charge >= 0.3 is 5.97 Å². The fourth-order valence-electron chi connectivity index (χ4n) is 2.90. The van der Waals surface area contributed by atoms with Gasteiger partial charge in [-0.3, -0.25) is 9.79 Å². The van der Waals surface area contributed by atoms with E-state index in [1.165, 1.54) is 32.1 Å². The maximum atomic E-state index is 12.3. The number of ether oxygens (including phenoxy) is 1. The van der Waals surface area contributed by atoms with E-state index < -0.39 is 5.41 Å². The topological polar surface area (TPSA) is 38.7 Å². The number of esters is 1. The van der Waals surface area contributed by atoms with Gasteiger partial charge in [0.05, 0.1) is 6.61 Å². The molecular formula is C17H31NO2. The number of unbranched alkanes of at least 4 members (excludes halogenated alkanes) is 5. The molecule has 0 radical (unpaired) electrons. The highest BCUT2D eigenvalue weighted by Crippen LogP contribution is 2.32. The van der Waals surface area contributed by atoms with Gasteiger partial charge in [-0.15, -0.1) is 0 Å². The number of carbonyl (C=O) groups excluding carboxylic acids is 1. The summed E-state index contributed by atoms with van der Waals surface area (Å²) in [6.07, 6.45) is 10.4. The Kier molecular flexibility index (Phi) is 7.86. The van der Waals surface area contributed by atoms with Crippen molar-refractivity contribution in [1.29, 1.82) is 0 Å². The summed E-state index contributed by atoms with van der Waals surface area (Å²) in [5.41, 5.74) is 0.599. The molecule has 1 atom stereocenters. The van der Waals surface area contributed by atoms with Crippen LogP contribution < -0.4 is 0 Å². The highest BCUT2D eigenvalue weighted by Gasteiger charge is 2.40. The van der Waals surface area contributed by atoms with Crippen LogP contribution in [-0.4, -0.2) is 24.8 Å². The number of rotatable bonds is 10. The number of hydrogen-bond donors (Lipinski definition) is 0. The monoisotopic (exact) mass is 281 g/mol. The smallest absolute Gasteiger partial charge is 0.317 e. The molecule has 0 aromatic heterocycles. The first-order valence-electron chi connectivity index (χ1n) is 8.36. The molecule has 0 bridgehead atoms. The van der Waals surface area contributed by atoms with E-state index in [9.17, 15) is 4.79 Å². The Morgan fingerprint density at radius 3 is 2.50 bits per heavy atom. The summed E-state index contributed by atoms with van der Waals surface area (Å²) < 4.78 is 5.30. The highest BCUT2D eigenvalue weighted by atomic mass is 16.5. The molecule has 0 saturated carbocycles. The van der Waals surface area contributed by atoms with E-state index in [1.54, 1.807) is 0 Å². The average molecular weight is 281 g/mol. The Morgan fingerprint density at radius 2 is 1.90 bits per heavy atom. The Labute approximate surface area is 124 Å². The van der Waals surface area contributed by atoms with Crippen LogP contribution in [0.3, 0.4) is 0 Å². The number of aliphatic imine (C=N–C) groups is 1. The van der Waals surface area contributed by atoms with E-state index >= 15 is 0 Å².